The van der Waals surface area contributed by atoms with Gasteiger partial charge in [0, 0.05) is 7.05 Å². The van der Waals surface area contributed by atoms with Crippen molar-refractivity contribution >= 4 is 6.09 Å². The second kappa shape index (κ2) is 4.59. The summed E-state index contributed by atoms with van der Waals surface area (Å²) in [7, 11) is 1.71. The zero-order chi connectivity index (χ0) is 12.4. The van der Waals surface area contributed by atoms with Gasteiger partial charge in [0.15, 0.2) is 0 Å². The van der Waals surface area contributed by atoms with Gasteiger partial charge in [-0.3, -0.25) is 4.90 Å². The van der Waals surface area contributed by atoms with Gasteiger partial charge in [0.25, 0.3) is 0 Å². The fourth-order valence-electron chi connectivity index (χ4n) is 1.71. The fourth-order valence-corrected chi connectivity index (χ4v) is 1.71. The van der Waals surface area contributed by atoms with Gasteiger partial charge in [-0.2, -0.15) is 0 Å². The molecule has 94 valence electrons. The number of nitrogens with one attached hydrogen (secondary N) is 1. The van der Waals surface area contributed by atoms with Gasteiger partial charge in [-0.25, -0.2) is 4.79 Å². The molecule has 3 N–H and O–H groups in total. The van der Waals surface area contributed by atoms with Gasteiger partial charge < -0.3 is 15.8 Å². The zero-order valence-corrected chi connectivity index (χ0v) is 10.7. The molecule has 0 bridgehead atoms. The Kier molecular flexibility index (Phi) is 3.80. The van der Waals surface area contributed by atoms with E-state index in [9.17, 15) is 4.79 Å². The zero-order valence-electron chi connectivity index (χ0n) is 10.7. The van der Waals surface area contributed by atoms with Gasteiger partial charge in [0.1, 0.15) is 5.60 Å². The average Bonchev–Trinajstić information content (AvgIpc) is 2.15. The first-order valence-corrected chi connectivity index (χ1v) is 5.71. The normalized spacial score (nSPS) is 20.3. The third-order valence-corrected chi connectivity index (χ3v) is 2.80. The van der Waals surface area contributed by atoms with E-state index < -0.39 is 11.3 Å². The molecule has 0 aromatic carbocycles. The first kappa shape index (κ1) is 13.3. The summed E-state index contributed by atoms with van der Waals surface area (Å²) >= 11 is 0. The highest BCUT2D eigenvalue weighted by Gasteiger charge is 2.36. The number of hydrogen-bond acceptors (Lipinski definition) is 4. The highest BCUT2D eigenvalue weighted by molar-refractivity contribution is 5.68. The SMILES string of the molecule is CN(C(=O)OC(C)(C)C)C1(N)CCNCC1. The minimum Gasteiger partial charge on any atom is -0.444 e. The average molecular weight is 229 g/mol. The van der Waals surface area contributed by atoms with Gasteiger partial charge in [0.05, 0.1) is 5.66 Å². The maximum absolute atomic E-state index is 11.9. The Bertz CT molecular complexity index is 254. The van der Waals surface area contributed by atoms with E-state index in [-0.39, 0.29) is 6.09 Å². The van der Waals surface area contributed by atoms with Gasteiger partial charge in [-0.05, 0) is 46.7 Å². The molecule has 1 amide bonds. The second-order valence-corrected chi connectivity index (χ2v) is 5.39. The molecular weight excluding hydrogens is 206 g/mol. The maximum Gasteiger partial charge on any atom is 0.411 e. The van der Waals surface area contributed by atoms with Crippen molar-refractivity contribution in [1.29, 1.82) is 0 Å². The van der Waals surface area contributed by atoms with Crippen molar-refractivity contribution in [3.63, 3.8) is 0 Å². The van der Waals surface area contributed by atoms with Gasteiger partial charge in [0.2, 0.25) is 0 Å². The van der Waals surface area contributed by atoms with Crippen molar-refractivity contribution in [1.82, 2.24) is 10.2 Å². The third kappa shape index (κ3) is 3.35. The molecule has 1 saturated heterocycles. The van der Waals surface area contributed by atoms with Crippen molar-refractivity contribution < 1.29 is 9.53 Å². The number of rotatable bonds is 1. The Morgan fingerprint density at radius 2 is 1.88 bits per heavy atom. The van der Waals surface area contributed by atoms with Crippen LogP contribution in [0, 0.1) is 0 Å². The smallest absolute Gasteiger partial charge is 0.411 e. The number of carbonyl (C=O) groups is 1. The molecule has 0 saturated carbocycles. The molecule has 16 heavy (non-hydrogen) atoms. The van der Waals surface area contributed by atoms with Crippen molar-refractivity contribution in [3.05, 3.63) is 0 Å². The van der Waals surface area contributed by atoms with Crippen LogP contribution < -0.4 is 11.1 Å². The Hall–Kier alpha value is -0.810. The summed E-state index contributed by atoms with van der Waals surface area (Å²) in [6.07, 6.45) is 1.16. The van der Waals surface area contributed by atoms with Crippen molar-refractivity contribution in [2.24, 2.45) is 5.73 Å². The molecule has 0 aliphatic carbocycles. The summed E-state index contributed by atoms with van der Waals surface area (Å²) in [5.41, 5.74) is 5.15. The van der Waals surface area contributed by atoms with Crippen molar-refractivity contribution in [2.75, 3.05) is 20.1 Å². The van der Waals surface area contributed by atoms with Crippen LogP contribution in [0.15, 0.2) is 0 Å². The molecular formula is C11H23N3O2. The van der Waals surface area contributed by atoms with Crippen LogP contribution in [0.5, 0.6) is 0 Å². The van der Waals surface area contributed by atoms with Crippen LogP contribution in [0.25, 0.3) is 0 Å². The number of nitrogens with two attached hydrogens (primary N) is 1. The highest BCUT2D eigenvalue weighted by Crippen LogP contribution is 2.21. The van der Waals surface area contributed by atoms with Crippen LogP contribution in [0.3, 0.4) is 0 Å². The van der Waals surface area contributed by atoms with E-state index in [1.54, 1.807) is 7.05 Å². The first-order valence-electron chi connectivity index (χ1n) is 5.71. The van der Waals surface area contributed by atoms with Crippen LogP contribution in [-0.2, 0) is 4.74 Å². The summed E-state index contributed by atoms with van der Waals surface area (Å²) in [5.74, 6) is 0. The standard InChI is InChI=1S/C11H23N3O2/c1-10(2,3)16-9(15)14(4)11(12)5-7-13-8-6-11/h13H,5-8,12H2,1-4H3. The molecule has 0 aromatic heterocycles. The summed E-state index contributed by atoms with van der Waals surface area (Å²) in [6.45, 7) is 7.23. The molecule has 1 fully saturated rings. The van der Waals surface area contributed by atoms with E-state index in [0.717, 1.165) is 25.9 Å². The minimum atomic E-state index is -0.576. The Labute approximate surface area is 97.3 Å². The molecule has 1 rings (SSSR count). The van der Waals surface area contributed by atoms with E-state index in [1.165, 1.54) is 4.90 Å². The lowest BCUT2D eigenvalue weighted by Gasteiger charge is -2.41. The van der Waals surface area contributed by atoms with E-state index in [1.807, 2.05) is 20.8 Å². The van der Waals surface area contributed by atoms with E-state index in [4.69, 9.17) is 10.5 Å². The fraction of sp³-hybridized carbons (Fsp3) is 0.909. The largest absolute Gasteiger partial charge is 0.444 e. The molecule has 0 spiro atoms. The number of ether oxygens (including phenoxy) is 1. The predicted molar refractivity (Wildman–Crippen MR) is 63.0 cm³/mol. The van der Waals surface area contributed by atoms with E-state index >= 15 is 0 Å². The second-order valence-electron chi connectivity index (χ2n) is 5.39. The number of piperidine rings is 1. The summed E-state index contributed by atoms with van der Waals surface area (Å²) in [5, 5.41) is 3.22. The monoisotopic (exact) mass is 229 g/mol. The Morgan fingerprint density at radius 3 is 2.31 bits per heavy atom. The van der Waals surface area contributed by atoms with E-state index in [2.05, 4.69) is 5.32 Å². The van der Waals surface area contributed by atoms with Gasteiger partial charge >= 0.3 is 6.09 Å². The number of nitrogens with zero attached hydrogens (tertiary/aromatic N) is 1. The molecule has 0 unspecified atom stereocenters. The topological polar surface area (TPSA) is 67.6 Å². The van der Waals surface area contributed by atoms with E-state index in [0.29, 0.717) is 0 Å². The summed E-state index contributed by atoms with van der Waals surface area (Å²) < 4.78 is 5.30. The third-order valence-electron chi connectivity index (χ3n) is 2.80. The first-order chi connectivity index (χ1) is 7.25. The molecule has 1 aliphatic rings. The van der Waals surface area contributed by atoms with Crippen LogP contribution in [0.1, 0.15) is 33.6 Å². The molecule has 0 radical (unpaired) electrons. The summed E-state index contributed by atoms with van der Waals surface area (Å²) in [4.78, 5) is 13.4. The lowest BCUT2D eigenvalue weighted by Crippen LogP contribution is -2.61. The van der Waals surface area contributed by atoms with Crippen molar-refractivity contribution in [3.8, 4) is 0 Å². The van der Waals surface area contributed by atoms with Crippen LogP contribution in [0.4, 0.5) is 4.79 Å². The molecule has 0 atom stereocenters. The highest BCUT2D eigenvalue weighted by atomic mass is 16.6. The number of amides is 1. The van der Waals surface area contributed by atoms with Gasteiger partial charge in [-0.1, -0.05) is 0 Å². The molecule has 5 heteroatoms. The Morgan fingerprint density at radius 1 is 1.38 bits per heavy atom. The predicted octanol–water partition coefficient (Wildman–Crippen LogP) is 0.892. The number of hydrogen-bond donors (Lipinski definition) is 2. The van der Waals surface area contributed by atoms with Crippen LogP contribution in [-0.4, -0.2) is 42.4 Å². The lowest BCUT2D eigenvalue weighted by molar-refractivity contribution is -0.000652. The number of carbonyl (C=O) groups excluding carboxylic acids is 1. The molecule has 5 nitrogen and oxygen atoms in total. The van der Waals surface area contributed by atoms with Gasteiger partial charge in [-0.15, -0.1) is 0 Å². The molecule has 1 heterocycles. The maximum atomic E-state index is 11.9. The molecule has 1 aliphatic heterocycles. The molecule has 0 aromatic rings. The lowest BCUT2D eigenvalue weighted by atomic mass is 9.98. The quantitative estimate of drug-likeness (QED) is 0.655. The minimum absolute atomic E-state index is 0.350. The van der Waals surface area contributed by atoms with Crippen LogP contribution in [0.2, 0.25) is 0 Å². The summed E-state index contributed by atoms with van der Waals surface area (Å²) in [6, 6.07) is 0. The Balaban J connectivity index is 2.61. The van der Waals surface area contributed by atoms with Crippen molar-refractivity contribution in [2.45, 2.75) is 44.9 Å². The van der Waals surface area contributed by atoms with Crippen LogP contribution >= 0.6 is 0 Å².